The van der Waals surface area contributed by atoms with Crippen LogP contribution in [-0.4, -0.2) is 67.0 Å². The zero-order valence-electron chi connectivity index (χ0n) is 61.2. The fourth-order valence-electron chi connectivity index (χ4n) is 12.1. The summed E-state index contributed by atoms with van der Waals surface area (Å²) in [5.41, 5.74) is 0. The first-order valence-corrected chi connectivity index (χ1v) is 42.2. The number of rotatable bonds is 26. The molecule has 0 spiro atoms. The monoisotopic (exact) mass is 1560 g/mol. The van der Waals surface area contributed by atoms with Crippen molar-refractivity contribution in [3.05, 3.63) is 332 Å². The zero-order chi connectivity index (χ0) is 76.3. The molecule has 8 nitrogen and oxygen atoms in total. The molecule has 3 atom stereocenters. The summed E-state index contributed by atoms with van der Waals surface area (Å²) in [6.07, 6.45) is 0. The maximum absolute atomic E-state index is 15.5. The van der Waals surface area contributed by atoms with Crippen LogP contribution in [0.2, 0.25) is 0 Å². The average molecular weight is 1560 g/mol. The van der Waals surface area contributed by atoms with Gasteiger partial charge in [0.05, 0.1) is 35.5 Å². The largest absolute Gasteiger partial charge is 0.496 e. The van der Waals surface area contributed by atoms with E-state index in [4.69, 9.17) is 23.7 Å². The number of methoxy groups -OCH3 is 5. The van der Waals surface area contributed by atoms with Crippen LogP contribution >= 0.6 is 48.4 Å². The highest BCUT2D eigenvalue weighted by Crippen LogP contribution is 2.61. The molecule has 0 radical (unpaired) electrons. The normalized spacial score (nSPS) is 12.3. The lowest BCUT2D eigenvalue weighted by atomic mass is 10.3. The van der Waals surface area contributed by atoms with E-state index >= 15 is 30.7 Å². The highest BCUT2D eigenvalue weighted by Gasteiger charge is 2.42. The average Bonchev–Trinajstić information content (AvgIpc) is 0.769. The molecule has 0 bridgehead atoms. The van der Waals surface area contributed by atoms with Crippen molar-refractivity contribution < 1.29 is 54.4 Å². The van der Waals surface area contributed by atoms with E-state index in [0.29, 0.717) is 54.4 Å². The Labute approximate surface area is 632 Å². The highest BCUT2D eigenvalue weighted by molar-refractivity contribution is 7.86. The van der Waals surface area contributed by atoms with Gasteiger partial charge in [0.15, 0.2) is 0 Å². The number of nitrogens with zero attached hydrogens (tertiary/aromatic N) is 3. The first kappa shape index (κ1) is 81.1. The van der Waals surface area contributed by atoms with Crippen molar-refractivity contribution in [3.63, 3.8) is 0 Å². The summed E-state index contributed by atoms with van der Waals surface area (Å²) in [7, 11) is -1.12. The molecule has 0 amide bonds. The molecular weight excluding hydrogens is 1470 g/mol. The van der Waals surface area contributed by atoms with Gasteiger partial charge in [0.1, 0.15) is 69.5 Å². The quantitative estimate of drug-likeness (QED) is 0.0393. The SMILES string of the molecule is COc1ccccc1P(c1ccccc1F)N(C(C)C)P(c1ccccc1F)c1ccccc1F.COc1ccccc1P(c1ccccc1F)N(C(C)C)P(c1ccccc1F)c1ccccc1OC.COc1ccccc1P(c1ccccc1OC)N(C(C)C)P(c1ccccc1F)c1ccccc1F. The van der Waals surface area contributed by atoms with Gasteiger partial charge in [0.25, 0.3) is 0 Å². The Morgan fingerprint density at radius 2 is 0.299 bits per heavy atom. The van der Waals surface area contributed by atoms with Crippen molar-refractivity contribution in [2.45, 2.75) is 59.7 Å². The van der Waals surface area contributed by atoms with Gasteiger partial charge < -0.3 is 23.7 Å². The maximum atomic E-state index is 15.5. The molecule has 3 unspecified atom stereocenters. The molecule has 0 heterocycles. The molecule has 0 saturated heterocycles. The Bertz CT molecular complexity index is 4650. The van der Waals surface area contributed by atoms with Gasteiger partial charge in [0.2, 0.25) is 0 Å². The first-order valence-electron chi connectivity index (χ1n) is 34.4. The Morgan fingerprint density at radius 1 is 0.187 bits per heavy atom. The molecule has 0 aliphatic heterocycles. The van der Waals surface area contributed by atoms with Crippen LogP contribution in [0.1, 0.15) is 41.5 Å². The minimum Gasteiger partial charge on any atom is -0.496 e. The second-order valence-electron chi connectivity index (χ2n) is 24.6. The fraction of sp³-hybridized carbons (Fsp3) is 0.163. The molecule has 0 aromatic heterocycles. The molecule has 0 aliphatic carbocycles. The molecule has 0 aliphatic rings. The molecule has 12 aromatic rings. The summed E-state index contributed by atoms with van der Waals surface area (Å²) in [5, 5.41) is 7.74. The van der Waals surface area contributed by atoms with Crippen LogP contribution in [0.5, 0.6) is 28.7 Å². The van der Waals surface area contributed by atoms with Crippen LogP contribution in [0.25, 0.3) is 0 Å². The number of para-hydroxylation sites is 5. The summed E-state index contributed by atoms with van der Waals surface area (Å²) in [5.74, 6) is 0.854. The first-order chi connectivity index (χ1) is 51.9. The predicted molar refractivity (Wildman–Crippen MR) is 438 cm³/mol. The number of hydrogen-bond donors (Lipinski definition) is 0. The zero-order valence-corrected chi connectivity index (χ0v) is 66.5. The number of halogens is 7. The van der Waals surface area contributed by atoms with E-state index in [1.165, 1.54) is 42.5 Å². The maximum Gasteiger partial charge on any atom is 0.132 e. The summed E-state index contributed by atoms with van der Waals surface area (Å²) >= 11 is 0. The van der Waals surface area contributed by atoms with Crippen molar-refractivity contribution in [3.8, 4) is 28.7 Å². The third-order valence-corrected chi connectivity index (χ3v) is 35.1. The summed E-state index contributed by atoms with van der Waals surface area (Å²) in [4.78, 5) is 0. The molecule has 107 heavy (non-hydrogen) atoms. The highest BCUT2D eigenvalue weighted by atomic mass is 31.2. The van der Waals surface area contributed by atoms with Gasteiger partial charge in [0, 0.05) is 130 Å². The van der Waals surface area contributed by atoms with Crippen molar-refractivity contribution in [1.82, 2.24) is 13.3 Å². The summed E-state index contributed by atoms with van der Waals surface area (Å²) in [6, 6.07) is 84.7. The van der Waals surface area contributed by atoms with Gasteiger partial charge in [-0.05, 0) is 187 Å². The second kappa shape index (κ2) is 39.1. The number of hydrogen-bond acceptors (Lipinski definition) is 8. The van der Waals surface area contributed by atoms with E-state index in [-0.39, 0.29) is 47.2 Å². The minimum atomic E-state index is -1.72. The predicted octanol–water partition coefficient (Wildman–Crippen LogP) is 18.4. The molecule has 0 fully saturated rings. The number of benzene rings is 12. The Morgan fingerprint density at radius 3 is 0.430 bits per heavy atom. The molecule has 12 rings (SSSR count). The van der Waals surface area contributed by atoms with Crippen LogP contribution in [-0.2, 0) is 0 Å². The van der Waals surface area contributed by atoms with Crippen molar-refractivity contribution in [1.29, 1.82) is 0 Å². The Balaban J connectivity index is 0.000000172. The molecule has 0 saturated carbocycles. The van der Waals surface area contributed by atoms with Crippen LogP contribution in [0.15, 0.2) is 291 Å². The lowest BCUT2D eigenvalue weighted by Crippen LogP contribution is -2.38. The number of ether oxygens (including phenoxy) is 5. The van der Waals surface area contributed by atoms with Crippen LogP contribution < -0.4 is 87.3 Å². The second-order valence-corrected chi connectivity index (χ2v) is 37.7. The molecule has 12 aromatic carbocycles. The summed E-state index contributed by atoms with van der Waals surface area (Å²) < 4.78 is 144. The molecular formula is C86H84F7N3O5P6. The van der Waals surface area contributed by atoms with Crippen LogP contribution in [0.3, 0.4) is 0 Å². The van der Waals surface area contributed by atoms with Crippen LogP contribution in [0, 0.1) is 40.7 Å². The third kappa shape index (κ3) is 18.8. The lowest BCUT2D eigenvalue weighted by molar-refractivity contribution is 0.416. The lowest BCUT2D eigenvalue weighted by Gasteiger charge is -2.42. The Hall–Kier alpha value is -8.39. The van der Waals surface area contributed by atoms with Crippen molar-refractivity contribution in [2.24, 2.45) is 0 Å². The van der Waals surface area contributed by atoms with Crippen LogP contribution in [0.4, 0.5) is 30.7 Å². The van der Waals surface area contributed by atoms with Gasteiger partial charge in [-0.1, -0.05) is 146 Å². The topological polar surface area (TPSA) is 55.9 Å². The van der Waals surface area contributed by atoms with Gasteiger partial charge >= 0.3 is 0 Å². The van der Waals surface area contributed by atoms with E-state index in [2.05, 4.69) is 41.0 Å². The van der Waals surface area contributed by atoms with Crippen molar-refractivity contribution >= 4 is 112 Å². The van der Waals surface area contributed by atoms with Crippen molar-refractivity contribution in [2.75, 3.05) is 35.5 Å². The van der Waals surface area contributed by atoms with Gasteiger partial charge in [-0.3, -0.25) is 0 Å². The van der Waals surface area contributed by atoms with E-state index in [0.717, 1.165) is 38.0 Å². The summed E-state index contributed by atoms with van der Waals surface area (Å²) in [6.45, 7) is 12.2. The third-order valence-electron chi connectivity index (χ3n) is 16.7. The minimum absolute atomic E-state index is 0.0729. The van der Waals surface area contributed by atoms with E-state index in [1.54, 1.807) is 127 Å². The van der Waals surface area contributed by atoms with Gasteiger partial charge in [-0.25, -0.2) is 44.1 Å². The van der Waals surface area contributed by atoms with Gasteiger partial charge in [-0.2, -0.15) is 0 Å². The molecule has 552 valence electrons. The smallest absolute Gasteiger partial charge is 0.132 e. The molecule has 0 N–H and O–H groups in total. The standard InChI is InChI=1S/2C29H29F2NO2P2.C28H26F3NOP2/c1-21(2)32(35(26-17-9-5-13-22(26)30)28-19-11-7-15-24(28)33-3)36(27-18-10-6-14-23(27)31)29-20-12-8-16-25(29)34-4;1-21(2)32(35(26-17-9-5-13-22(26)30)27-18-10-6-14-23(27)31)36(28-19-11-7-15-24(28)33-3)29-20-12-8-16-25(29)34-4;1-20(2)32(34(25-16-8-4-12-21(25)29)26-17-9-5-13-22(26)30)35(27-18-10-6-14-23(27)31)28-19-11-7-15-24(28)33-3/h2*5-21H,1-4H3;4-20H,1-3H3. The van der Waals surface area contributed by atoms with E-state index < -0.39 is 60.1 Å². The molecule has 21 heteroatoms. The fourth-order valence-corrected chi connectivity index (χ4v) is 31.3. The van der Waals surface area contributed by atoms with E-state index in [1.807, 2.05) is 172 Å². The Kier molecular flexibility index (Phi) is 29.7. The van der Waals surface area contributed by atoms with Gasteiger partial charge in [-0.15, -0.1) is 0 Å². The van der Waals surface area contributed by atoms with E-state index in [9.17, 15) is 0 Å².